The monoisotopic (exact) mass is 356 g/mol. The number of aryl methyl sites for hydroxylation is 1. The highest BCUT2D eigenvalue weighted by Gasteiger charge is 2.29. The van der Waals surface area contributed by atoms with Crippen LogP contribution in [0.1, 0.15) is 41.7 Å². The predicted molar refractivity (Wildman–Crippen MR) is 102 cm³/mol. The van der Waals surface area contributed by atoms with Crippen LogP contribution < -0.4 is 21.4 Å². The molecule has 4 N–H and O–H groups in total. The molecule has 26 heavy (non-hydrogen) atoms. The Kier molecular flexibility index (Phi) is 3.91. The third kappa shape index (κ3) is 2.63. The zero-order valence-electron chi connectivity index (χ0n) is 15.1. The quantitative estimate of drug-likeness (QED) is 0.724. The first-order valence-corrected chi connectivity index (χ1v) is 9.08. The van der Waals surface area contributed by atoms with Gasteiger partial charge in [0.05, 0.1) is 16.9 Å². The number of carbonyl (C=O) groups is 1. The molecule has 7 heteroatoms. The molecule has 0 bridgehead atoms. The lowest BCUT2D eigenvalue weighted by molar-refractivity contribution is 0.0695. The number of benzene rings is 1. The average molecular weight is 356 g/mol. The van der Waals surface area contributed by atoms with Crippen molar-refractivity contribution < 1.29 is 9.90 Å². The first kappa shape index (κ1) is 16.9. The largest absolute Gasteiger partial charge is 0.477 e. The lowest BCUT2D eigenvalue weighted by Gasteiger charge is -2.35. The summed E-state index contributed by atoms with van der Waals surface area (Å²) in [5.41, 5.74) is 8.96. The van der Waals surface area contributed by atoms with Crippen LogP contribution in [-0.2, 0) is 0 Å². The summed E-state index contributed by atoms with van der Waals surface area (Å²) in [6, 6.07) is 2.28. The molecule has 1 aromatic heterocycles. The molecule has 2 aromatic rings. The Hall–Kier alpha value is -2.54. The van der Waals surface area contributed by atoms with Gasteiger partial charge in [-0.05, 0) is 38.3 Å². The molecule has 4 rings (SSSR count). The molecule has 2 heterocycles. The number of nitrogen functional groups attached to an aromatic ring is 1. The van der Waals surface area contributed by atoms with E-state index in [1.165, 1.54) is 6.20 Å². The number of nitrogens with two attached hydrogens (primary N) is 1. The van der Waals surface area contributed by atoms with Gasteiger partial charge in [-0.2, -0.15) is 0 Å². The van der Waals surface area contributed by atoms with Gasteiger partial charge in [0, 0.05) is 43.3 Å². The van der Waals surface area contributed by atoms with Gasteiger partial charge in [-0.15, -0.1) is 0 Å². The van der Waals surface area contributed by atoms with Crippen LogP contribution in [0.15, 0.2) is 17.1 Å². The number of rotatable bonds is 3. The Bertz CT molecular complexity index is 962. The number of hydrogen-bond acceptors (Lipinski definition) is 5. The second-order valence-electron chi connectivity index (χ2n) is 7.45. The van der Waals surface area contributed by atoms with E-state index in [1.54, 1.807) is 6.07 Å². The van der Waals surface area contributed by atoms with Crippen molar-refractivity contribution in [2.24, 2.45) is 0 Å². The normalized spacial score (nSPS) is 20.5. The van der Waals surface area contributed by atoms with E-state index in [4.69, 9.17) is 5.73 Å². The molecule has 138 valence electrons. The fraction of sp³-hybridized carbons (Fsp3) is 0.474. The molecule has 1 aliphatic carbocycles. The van der Waals surface area contributed by atoms with E-state index >= 15 is 0 Å². The Morgan fingerprint density at radius 2 is 2.12 bits per heavy atom. The summed E-state index contributed by atoms with van der Waals surface area (Å²) in [4.78, 5) is 26.5. The van der Waals surface area contributed by atoms with Gasteiger partial charge in [-0.1, -0.05) is 0 Å². The van der Waals surface area contributed by atoms with Gasteiger partial charge in [0.1, 0.15) is 5.56 Å². The van der Waals surface area contributed by atoms with Crippen LogP contribution in [-0.4, -0.2) is 41.3 Å². The van der Waals surface area contributed by atoms with Crippen LogP contribution in [0, 0.1) is 6.92 Å². The number of fused-ring (bicyclic) bond motifs is 1. The molecule has 2 fully saturated rings. The molecular formula is C19H24N4O3. The summed E-state index contributed by atoms with van der Waals surface area (Å²) in [5.74, 6) is -1.19. The smallest absolute Gasteiger partial charge is 0.341 e. The van der Waals surface area contributed by atoms with E-state index in [2.05, 4.69) is 17.1 Å². The highest BCUT2D eigenvalue weighted by Crippen LogP contribution is 2.41. The summed E-state index contributed by atoms with van der Waals surface area (Å²) in [7, 11) is 0. The SMILES string of the molecule is Cc1c(N2CCNC(C)C2)c(N)cc2c(=O)c(C(=O)O)cn(C3CC3)c12. The number of carboxylic acid groups (broad SMARTS) is 1. The molecule has 2 aliphatic rings. The predicted octanol–water partition coefficient (Wildman–Crippen LogP) is 1.72. The second-order valence-corrected chi connectivity index (χ2v) is 7.45. The van der Waals surface area contributed by atoms with Gasteiger partial charge in [0.2, 0.25) is 5.43 Å². The topological polar surface area (TPSA) is 101 Å². The Morgan fingerprint density at radius 1 is 1.38 bits per heavy atom. The summed E-state index contributed by atoms with van der Waals surface area (Å²) < 4.78 is 1.98. The standard InChI is InChI=1S/C19H24N4O3/c1-10-8-22(6-5-21-10)17-11(2)16-13(7-15(17)20)18(24)14(19(25)26)9-23(16)12-3-4-12/h7,9-10,12,21H,3-6,8,20H2,1-2H3,(H,25,26). The van der Waals surface area contributed by atoms with Crippen molar-refractivity contribution in [3.05, 3.63) is 33.6 Å². The van der Waals surface area contributed by atoms with E-state index in [1.807, 2.05) is 11.5 Å². The van der Waals surface area contributed by atoms with Crippen LogP contribution in [0.25, 0.3) is 10.9 Å². The highest BCUT2D eigenvalue weighted by molar-refractivity contribution is 5.98. The lowest BCUT2D eigenvalue weighted by atomic mass is 10.0. The van der Waals surface area contributed by atoms with Gasteiger partial charge < -0.3 is 25.6 Å². The zero-order chi connectivity index (χ0) is 18.6. The number of hydrogen-bond donors (Lipinski definition) is 3. The van der Waals surface area contributed by atoms with E-state index in [0.717, 1.165) is 49.2 Å². The molecule has 1 atom stereocenters. The molecule has 1 saturated heterocycles. The molecule has 1 aliphatic heterocycles. The zero-order valence-corrected chi connectivity index (χ0v) is 15.1. The maximum Gasteiger partial charge on any atom is 0.341 e. The van der Waals surface area contributed by atoms with Crippen LogP contribution in [0.5, 0.6) is 0 Å². The lowest BCUT2D eigenvalue weighted by Crippen LogP contribution is -2.49. The van der Waals surface area contributed by atoms with Crippen molar-refractivity contribution in [1.29, 1.82) is 0 Å². The van der Waals surface area contributed by atoms with Crippen molar-refractivity contribution >= 4 is 28.2 Å². The molecule has 7 nitrogen and oxygen atoms in total. The number of carboxylic acids is 1. The van der Waals surface area contributed by atoms with Crippen LogP contribution in [0.3, 0.4) is 0 Å². The molecular weight excluding hydrogens is 332 g/mol. The van der Waals surface area contributed by atoms with E-state index in [0.29, 0.717) is 17.1 Å². The molecule has 0 spiro atoms. The van der Waals surface area contributed by atoms with Gasteiger partial charge >= 0.3 is 5.97 Å². The Morgan fingerprint density at radius 3 is 2.73 bits per heavy atom. The fourth-order valence-corrected chi connectivity index (χ4v) is 4.08. The van der Waals surface area contributed by atoms with Crippen molar-refractivity contribution in [3.8, 4) is 0 Å². The Balaban J connectivity index is 2.00. The average Bonchev–Trinajstić information content (AvgIpc) is 3.40. The number of piperazine rings is 1. The van der Waals surface area contributed by atoms with Crippen molar-refractivity contribution in [3.63, 3.8) is 0 Å². The number of aromatic nitrogens is 1. The third-order valence-electron chi connectivity index (χ3n) is 5.41. The minimum Gasteiger partial charge on any atom is -0.477 e. The van der Waals surface area contributed by atoms with Crippen LogP contribution in [0.4, 0.5) is 11.4 Å². The summed E-state index contributed by atoms with van der Waals surface area (Å²) in [6.07, 6.45) is 3.51. The first-order valence-electron chi connectivity index (χ1n) is 9.08. The van der Waals surface area contributed by atoms with Crippen LogP contribution >= 0.6 is 0 Å². The number of aromatic carboxylic acids is 1. The van der Waals surface area contributed by atoms with Crippen molar-refractivity contribution in [2.45, 2.75) is 38.8 Å². The van der Waals surface area contributed by atoms with Gasteiger partial charge in [-0.3, -0.25) is 4.79 Å². The summed E-state index contributed by atoms with van der Waals surface area (Å²) >= 11 is 0. The second kappa shape index (κ2) is 6.02. The Labute approximate surface area is 151 Å². The van der Waals surface area contributed by atoms with E-state index in [9.17, 15) is 14.7 Å². The number of anilines is 2. The van der Waals surface area contributed by atoms with Crippen molar-refractivity contribution in [2.75, 3.05) is 30.3 Å². The highest BCUT2D eigenvalue weighted by atomic mass is 16.4. The fourth-order valence-electron chi connectivity index (χ4n) is 4.08. The maximum absolute atomic E-state index is 12.7. The van der Waals surface area contributed by atoms with Crippen molar-refractivity contribution in [1.82, 2.24) is 9.88 Å². The summed E-state index contributed by atoms with van der Waals surface area (Å²) in [5, 5.41) is 13.2. The molecule has 1 aromatic carbocycles. The number of pyridine rings is 1. The minimum absolute atomic E-state index is 0.188. The molecule has 1 unspecified atom stereocenters. The van der Waals surface area contributed by atoms with Gasteiger partial charge in [0.25, 0.3) is 0 Å². The van der Waals surface area contributed by atoms with Gasteiger partial charge in [-0.25, -0.2) is 4.79 Å². The first-order chi connectivity index (χ1) is 12.4. The summed E-state index contributed by atoms with van der Waals surface area (Å²) in [6.45, 7) is 6.70. The minimum atomic E-state index is -1.19. The molecule has 1 saturated carbocycles. The van der Waals surface area contributed by atoms with E-state index in [-0.39, 0.29) is 11.6 Å². The number of nitrogens with one attached hydrogen (secondary N) is 1. The maximum atomic E-state index is 12.7. The van der Waals surface area contributed by atoms with E-state index < -0.39 is 11.4 Å². The van der Waals surface area contributed by atoms with Crippen LogP contribution in [0.2, 0.25) is 0 Å². The third-order valence-corrected chi connectivity index (χ3v) is 5.41. The molecule has 0 radical (unpaired) electrons. The van der Waals surface area contributed by atoms with Gasteiger partial charge in [0.15, 0.2) is 0 Å². The molecule has 0 amide bonds. The number of nitrogens with zero attached hydrogens (tertiary/aromatic N) is 2.